The minimum atomic E-state index is -0.515. The van der Waals surface area contributed by atoms with E-state index in [4.69, 9.17) is 9.97 Å². The summed E-state index contributed by atoms with van der Waals surface area (Å²) in [5.41, 5.74) is 10.7. The smallest absolute Gasteiger partial charge is 0.208 e. The molecule has 1 fully saturated rings. The summed E-state index contributed by atoms with van der Waals surface area (Å²) < 4.78 is 31.8. The molecule has 2 atom stereocenters. The Bertz CT molecular complexity index is 2110. The SMILES string of the molecule is C=C1Nc2nc3ccc(C(=C)N(C)C4CCCN(CCc5cc(F)cc(F)c5)CC4)cc3n2C[C@H](C)CCCCc2c(cnn2C)-c2cc1cc(C)n2. The van der Waals surface area contributed by atoms with E-state index in [1.54, 1.807) is 0 Å². The van der Waals surface area contributed by atoms with Gasteiger partial charge in [0.1, 0.15) is 11.6 Å². The molecule has 1 unspecified atom stereocenters. The van der Waals surface area contributed by atoms with Crippen molar-refractivity contribution < 1.29 is 8.78 Å². The molecule has 5 heterocycles. The number of likely N-dealkylation sites (tertiary alicyclic amines) is 1. The summed E-state index contributed by atoms with van der Waals surface area (Å²) in [5.74, 6) is 0.189. The van der Waals surface area contributed by atoms with Crippen LogP contribution < -0.4 is 5.32 Å². The van der Waals surface area contributed by atoms with Gasteiger partial charge in [0, 0.05) is 79.7 Å². The number of benzene rings is 2. The molecule has 3 aromatic heterocycles. The zero-order chi connectivity index (χ0) is 37.2. The number of anilines is 1. The van der Waals surface area contributed by atoms with E-state index in [0.29, 0.717) is 23.9 Å². The fourth-order valence-corrected chi connectivity index (χ4v) is 8.15. The van der Waals surface area contributed by atoms with Crippen LogP contribution in [0.4, 0.5) is 14.7 Å². The average molecular weight is 719 g/mol. The molecule has 2 bridgehead atoms. The summed E-state index contributed by atoms with van der Waals surface area (Å²) in [5, 5.41) is 8.19. The van der Waals surface area contributed by atoms with Gasteiger partial charge in [-0.15, -0.1) is 0 Å². The number of nitrogens with one attached hydrogen (secondary N) is 1. The Hall–Kier alpha value is -4.83. The van der Waals surface area contributed by atoms with E-state index >= 15 is 0 Å². The number of nitrogens with zero attached hydrogens (tertiary/aromatic N) is 7. The molecular weight excluding hydrogens is 667 g/mol. The van der Waals surface area contributed by atoms with E-state index in [2.05, 4.69) is 82.2 Å². The lowest BCUT2D eigenvalue weighted by atomic mass is 10.0. The first kappa shape index (κ1) is 36.5. The summed E-state index contributed by atoms with van der Waals surface area (Å²) in [7, 11) is 4.18. The predicted molar refractivity (Wildman–Crippen MR) is 211 cm³/mol. The molecule has 7 rings (SSSR count). The molecule has 8 nitrogen and oxygen atoms in total. The number of pyridine rings is 1. The molecule has 5 aromatic rings. The van der Waals surface area contributed by atoms with E-state index in [1.165, 1.54) is 17.8 Å². The molecule has 53 heavy (non-hydrogen) atoms. The van der Waals surface area contributed by atoms with Crippen molar-refractivity contribution >= 4 is 28.4 Å². The third-order valence-corrected chi connectivity index (χ3v) is 11.2. The maximum atomic E-state index is 13.7. The number of imidazole rings is 1. The second-order valence-corrected chi connectivity index (χ2v) is 15.2. The van der Waals surface area contributed by atoms with Crippen LogP contribution >= 0.6 is 0 Å². The van der Waals surface area contributed by atoms with Crippen molar-refractivity contribution in [3.05, 3.63) is 108 Å². The second-order valence-electron chi connectivity index (χ2n) is 15.2. The van der Waals surface area contributed by atoms with E-state index in [1.807, 2.05) is 24.9 Å². The summed E-state index contributed by atoms with van der Waals surface area (Å²) >= 11 is 0. The molecule has 0 saturated carbocycles. The zero-order valence-electron chi connectivity index (χ0n) is 31.6. The number of hydrogen-bond donors (Lipinski definition) is 1. The molecule has 1 N–H and O–H groups in total. The quantitative estimate of drug-likeness (QED) is 0.189. The van der Waals surface area contributed by atoms with Gasteiger partial charge in [-0.2, -0.15) is 5.10 Å². The van der Waals surface area contributed by atoms with Crippen LogP contribution in [0.3, 0.4) is 0 Å². The van der Waals surface area contributed by atoms with Crippen LogP contribution in [0.1, 0.15) is 73.5 Å². The highest BCUT2D eigenvalue weighted by Gasteiger charge is 2.24. The highest BCUT2D eigenvalue weighted by molar-refractivity contribution is 5.85. The normalized spacial score (nSPS) is 18.7. The van der Waals surface area contributed by atoms with Crippen LogP contribution in [0.15, 0.2) is 67.9 Å². The molecule has 0 spiro atoms. The van der Waals surface area contributed by atoms with Crippen LogP contribution in [-0.2, 0) is 26.4 Å². The van der Waals surface area contributed by atoms with Crippen LogP contribution in [0.2, 0.25) is 0 Å². The van der Waals surface area contributed by atoms with E-state index in [0.717, 1.165) is 134 Å². The third kappa shape index (κ3) is 8.23. The Morgan fingerprint density at radius 1 is 0.981 bits per heavy atom. The monoisotopic (exact) mass is 718 g/mol. The lowest BCUT2D eigenvalue weighted by Crippen LogP contribution is -2.32. The first-order valence-corrected chi connectivity index (χ1v) is 19.1. The fourth-order valence-electron chi connectivity index (χ4n) is 8.15. The van der Waals surface area contributed by atoms with Crippen LogP contribution in [0.5, 0.6) is 0 Å². The van der Waals surface area contributed by atoms with Gasteiger partial charge in [-0.3, -0.25) is 9.67 Å². The largest absolute Gasteiger partial charge is 0.372 e. The number of aryl methyl sites for hydroxylation is 2. The highest BCUT2D eigenvalue weighted by Crippen LogP contribution is 2.32. The Kier molecular flexibility index (Phi) is 10.8. The van der Waals surface area contributed by atoms with Crippen molar-refractivity contribution in [2.24, 2.45) is 13.0 Å². The number of fused-ring (bicyclic) bond motifs is 7. The molecule has 0 radical (unpaired) electrons. The van der Waals surface area contributed by atoms with Crippen molar-refractivity contribution in [2.45, 2.75) is 77.8 Å². The molecule has 1 saturated heterocycles. The average Bonchev–Trinajstić information content (AvgIpc) is 3.55. The van der Waals surface area contributed by atoms with Crippen molar-refractivity contribution in [3.63, 3.8) is 0 Å². The fraction of sp³-hybridized carbons (Fsp3) is 0.419. The third-order valence-electron chi connectivity index (χ3n) is 11.2. The van der Waals surface area contributed by atoms with Gasteiger partial charge in [0.2, 0.25) is 5.95 Å². The number of hydrogen-bond acceptors (Lipinski definition) is 6. The van der Waals surface area contributed by atoms with E-state index in [9.17, 15) is 8.78 Å². The summed E-state index contributed by atoms with van der Waals surface area (Å²) in [4.78, 5) is 14.8. The molecule has 0 amide bonds. The summed E-state index contributed by atoms with van der Waals surface area (Å²) in [6.45, 7) is 16.9. The van der Waals surface area contributed by atoms with E-state index in [-0.39, 0.29) is 0 Å². The first-order valence-electron chi connectivity index (χ1n) is 19.1. The molecule has 0 aliphatic carbocycles. The van der Waals surface area contributed by atoms with Crippen molar-refractivity contribution in [2.75, 3.05) is 32.0 Å². The molecule has 2 aromatic carbocycles. The van der Waals surface area contributed by atoms with Gasteiger partial charge in [0.05, 0.1) is 22.9 Å². The number of halogens is 2. The van der Waals surface area contributed by atoms with Gasteiger partial charge in [-0.1, -0.05) is 32.6 Å². The Morgan fingerprint density at radius 2 is 1.79 bits per heavy atom. The van der Waals surface area contributed by atoms with Gasteiger partial charge in [0.25, 0.3) is 0 Å². The maximum Gasteiger partial charge on any atom is 0.208 e. The van der Waals surface area contributed by atoms with Gasteiger partial charge in [-0.05, 0) is 112 Å². The second kappa shape index (κ2) is 15.6. The van der Waals surface area contributed by atoms with Crippen molar-refractivity contribution in [3.8, 4) is 11.3 Å². The minimum Gasteiger partial charge on any atom is -0.372 e. The van der Waals surface area contributed by atoms with Crippen molar-refractivity contribution in [1.29, 1.82) is 0 Å². The standard InChI is InChI=1S/C43H52F2N8/c1-28-10-7-8-12-41-38(26-46-51(41)6)40-23-34(20-29(2)47-40)30(3)48-43-49-39-14-13-33(24-42(39)53(43)27-28)31(4)50(5)37-11-9-17-52(19-16-37)18-15-32-21-35(44)25-36(45)22-32/h13-14,20-26,28,37H,3-4,7-12,15-19,27H2,1-2,5-6H3,(H,48,49)/t28-,37?/m1/s1. The molecule has 278 valence electrons. The lowest BCUT2D eigenvalue weighted by molar-refractivity contribution is 0.271. The summed E-state index contributed by atoms with van der Waals surface area (Å²) in [6, 6.07) is 14.8. The van der Waals surface area contributed by atoms with Crippen molar-refractivity contribution in [1.82, 2.24) is 34.1 Å². The number of rotatable bonds is 6. The Balaban J connectivity index is 1.10. The van der Waals surface area contributed by atoms with Gasteiger partial charge in [0.15, 0.2) is 0 Å². The van der Waals surface area contributed by atoms with Crippen LogP contribution in [0, 0.1) is 24.5 Å². The topological polar surface area (TPSA) is 67.0 Å². The predicted octanol–water partition coefficient (Wildman–Crippen LogP) is 8.86. The molecule has 2 aliphatic rings. The lowest BCUT2D eigenvalue weighted by Gasteiger charge is -2.31. The Morgan fingerprint density at radius 3 is 2.60 bits per heavy atom. The van der Waals surface area contributed by atoms with Crippen LogP contribution in [-0.4, -0.2) is 66.8 Å². The minimum absolute atomic E-state index is 0.346. The first-order chi connectivity index (χ1) is 25.5. The van der Waals surface area contributed by atoms with Gasteiger partial charge in [-0.25, -0.2) is 13.8 Å². The van der Waals surface area contributed by atoms with E-state index < -0.39 is 11.6 Å². The maximum absolute atomic E-state index is 13.7. The van der Waals surface area contributed by atoms with Crippen LogP contribution in [0.25, 0.3) is 33.7 Å². The number of aromatic nitrogens is 5. The molecule has 10 heteroatoms. The molecule has 2 aliphatic heterocycles. The zero-order valence-corrected chi connectivity index (χ0v) is 31.6. The highest BCUT2D eigenvalue weighted by atomic mass is 19.1. The van der Waals surface area contributed by atoms with Gasteiger partial charge < -0.3 is 19.7 Å². The van der Waals surface area contributed by atoms with Gasteiger partial charge >= 0.3 is 0 Å². The molecular formula is C43H52F2N8. The summed E-state index contributed by atoms with van der Waals surface area (Å²) in [6.07, 6.45) is 9.95. The Labute approximate surface area is 312 Å².